The second kappa shape index (κ2) is 7.88. The second-order valence-corrected chi connectivity index (χ2v) is 5.37. The molecule has 0 radical (unpaired) electrons. The van der Waals surface area contributed by atoms with Crippen LogP contribution in [0, 0.1) is 0 Å². The summed E-state index contributed by atoms with van der Waals surface area (Å²) in [5.74, 6) is 0.832. The van der Waals surface area contributed by atoms with Crippen LogP contribution in [0.25, 0.3) is 5.57 Å². The van der Waals surface area contributed by atoms with Crippen molar-refractivity contribution in [3.05, 3.63) is 35.9 Å². The zero-order chi connectivity index (χ0) is 15.1. The van der Waals surface area contributed by atoms with Crippen molar-refractivity contribution in [1.82, 2.24) is 0 Å². The monoisotopic (exact) mass is 274 g/mol. The number of hydrogen-bond donors (Lipinski definition) is 0. The summed E-state index contributed by atoms with van der Waals surface area (Å²) in [6.45, 7) is 11.8. The average Bonchev–Trinajstić information content (AvgIpc) is 2.42. The molecular formula is C18H26O2. The van der Waals surface area contributed by atoms with Crippen LogP contribution in [0.3, 0.4) is 0 Å². The Balaban J connectivity index is 2.97. The molecule has 0 aliphatic heterocycles. The Kier molecular flexibility index (Phi) is 6.50. The minimum atomic E-state index is 0.0551. The van der Waals surface area contributed by atoms with Crippen molar-refractivity contribution in [2.75, 3.05) is 0 Å². The topological polar surface area (TPSA) is 26.3 Å². The van der Waals surface area contributed by atoms with Crippen LogP contribution >= 0.6 is 0 Å². The van der Waals surface area contributed by atoms with Gasteiger partial charge in [-0.1, -0.05) is 38.8 Å². The third-order valence-electron chi connectivity index (χ3n) is 3.44. The Bertz CT molecular complexity index is 442. The molecule has 2 heteroatoms. The fraction of sp³-hybridized carbons (Fsp3) is 0.500. The van der Waals surface area contributed by atoms with Gasteiger partial charge in [-0.15, -0.1) is 0 Å². The van der Waals surface area contributed by atoms with E-state index in [9.17, 15) is 4.79 Å². The largest absolute Gasteiger partial charge is 0.490 e. The van der Waals surface area contributed by atoms with Gasteiger partial charge in [-0.2, -0.15) is 0 Å². The van der Waals surface area contributed by atoms with Crippen LogP contribution in [0.5, 0.6) is 5.75 Å². The summed E-state index contributed by atoms with van der Waals surface area (Å²) in [6.07, 6.45) is 4.59. The number of allylic oxidation sites excluding steroid dienone is 1. The normalized spacial score (nSPS) is 12.0. The van der Waals surface area contributed by atoms with Crippen molar-refractivity contribution >= 4 is 11.4 Å². The van der Waals surface area contributed by atoms with Gasteiger partial charge in [0.25, 0.3) is 0 Å². The van der Waals surface area contributed by atoms with Crippen LogP contribution < -0.4 is 4.74 Å². The number of ketones is 1. The molecule has 0 spiro atoms. The van der Waals surface area contributed by atoms with E-state index in [0.717, 1.165) is 36.1 Å². The molecule has 0 saturated carbocycles. The number of ether oxygens (including phenoxy) is 1. The smallest absolute Gasteiger partial charge is 0.159 e. The maximum Gasteiger partial charge on any atom is 0.159 e. The lowest BCUT2D eigenvalue weighted by atomic mass is 10.0. The maximum atomic E-state index is 11.6. The summed E-state index contributed by atoms with van der Waals surface area (Å²) in [5.41, 5.74) is 2.60. The number of carbonyl (C=O) groups excluding carboxylic acids is 1. The first-order chi connectivity index (χ1) is 9.47. The van der Waals surface area contributed by atoms with Gasteiger partial charge in [0.2, 0.25) is 0 Å². The Morgan fingerprint density at radius 2 is 1.85 bits per heavy atom. The van der Waals surface area contributed by atoms with E-state index < -0.39 is 0 Å². The number of rotatable bonds is 8. The first-order valence-electron chi connectivity index (χ1n) is 7.46. The lowest BCUT2D eigenvalue weighted by Gasteiger charge is -2.18. The molecule has 1 aromatic carbocycles. The van der Waals surface area contributed by atoms with Gasteiger partial charge >= 0.3 is 0 Å². The summed E-state index contributed by atoms with van der Waals surface area (Å²) in [7, 11) is 0. The van der Waals surface area contributed by atoms with Gasteiger partial charge in [-0.05, 0) is 50.5 Å². The molecule has 0 N–H and O–H groups in total. The van der Waals surface area contributed by atoms with Crippen molar-refractivity contribution in [2.45, 2.75) is 59.5 Å². The molecule has 0 heterocycles. The highest BCUT2D eigenvalue weighted by Crippen LogP contribution is 2.24. The Hall–Kier alpha value is -1.57. The Labute approximate surface area is 122 Å². The van der Waals surface area contributed by atoms with E-state index in [1.165, 1.54) is 6.42 Å². The quantitative estimate of drug-likeness (QED) is 0.604. The summed E-state index contributed by atoms with van der Waals surface area (Å²) in [4.78, 5) is 11.6. The van der Waals surface area contributed by atoms with Crippen molar-refractivity contribution in [3.63, 3.8) is 0 Å². The van der Waals surface area contributed by atoms with E-state index in [1.807, 2.05) is 25.1 Å². The van der Waals surface area contributed by atoms with Crippen molar-refractivity contribution in [3.8, 4) is 5.75 Å². The van der Waals surface area contributed by atoms with Gasteiger partial charge in [0.1, 0.15) is 5.75 Å². The SMILES string of the molecule is C=C(C)c1cc(OC(CC)CCCC)cc(C(C)=O)c1. The van der Waals surface area contributed by atoms with Crippen LogP contribution in [-0.4, -0.2) is 11.9 Å². The molecule has 1 atom stereocenters. The summed E-state index contributed by atoms with van der Waals surface area (Å²) in [6, 6.07) is 5.69. The van der Waals surface area contributed by atoms with E-state index in [4.69, 9.17) is 4.74 Å². The molecule has 2 nitrogen and oxygen atoms in total. The van der Waals surface area contributed by atoms with Crippen molar-refractivity contribution < 1.29 is 9.53 Å². The van der Waals surface area contributed by atoms with Gasteiger partial charge in [0, 0.05) is 5.56 Å². The molecule has 0 saturated heterocycles. The lowest BCUT2D eigenvalue weighted by Crippen LogP contribution is -2.15. The fourth-order valence-electron chi connectivity index (χ4n) is 2.09. The first kappa shape index (κ1) is 16.5. The van der Waals surface area contributed by atoms with Gasteiger partial charge in [-0.25, -0.2) is 0 Å². The molecule has 0 bridgehead atoms. The maximum absolute atomic E-state index is 11.6. The third kappa shape index (κ3) is 4.84. The number of Topliss-reactive ketones (excluding diaryl/α,β-unsaturated/α-hetero) is 1. The van der Waals surface area contributed by atoms with Crippen LogP contribution in [0.4, 0.5) is 0 Å². The Morgan fingerprint density at radius 3 is 2.35 bits per heavy atom. The number of carbonyl (C=O) groups is 1. The third-order valence-corrected chi connectivity index (χ3v) is 3.44. The van der Waals surface area contributed by atoms with E-state index in [0.29, 0.717) is 5.56 Å². The molecule has 110 valence electrons. The number of benzene rings is 1. The van der Waals surface area contributed by atoms with Gasteiger partial charge in [0.15, 0.2) is 5.78 Å². The second-order valence-electron chi connectivity index (χ2n) is 5.37. The van der Waals surface area contributed by atoms with Crippen LogP contribution in [0.2, 0.25) is 0 Å². The van der Waals surface area contributed by atoms with Crippen molar-refractivity contribution in [2.24, 2.45) is 0 Å². The lowest BCUT2D eigenvalue weighted by molar-refractivity contribution is 0.101. The van der Waals surface area contributed by atoms with E-state index >= 15 is 0 Å². The number of unbranched alkanes of at least 4 members (excludes halogenated alkanes) is 1. The molecule has 0 aliphatic carbocycles. The van der Waals surface area contributed by atoms with Gasteiger partial charge in [-0.3, -0.25) is 4.79 Å². The zero-order valence-corrected chi connectivity index (χ0v) is 13.2. The highest BCUT2D eigenvalue weighted by molar-refractivity contribution is 5.95. The standard InChI is InChI=1S/C18H26O2/c1-6-8-9-17(7-2)20-18-11-15(13(3)4)10-16(12-18)14(5)19/h10-12,17H,3,6-9H2,1-2,4-5H3. The summed E-state index contributed by atoms with van der Waals surface area (Å²) < 4.78 is 6.05. The van der Waals surface area contributed by atoms with E-state index in [1.54, 1.807) is 6.92 Å². The minimum absolute atomic E-state index is 0.0551. The van der Waals surface area contributed by atoms with E-state index in [2.05, 4.69) is 20.4 Å². The zero-order valence-electron chi connectivity index (χ0n) is 13.2. The molecule has 1 aromatic rings. The Morgan fingerprint density at radius 1 is 1.20 bits per heavy atom. The van der Waals surface area contributed by atoms with E-state index in [-0.39, 0.29) is 11.9 Å². The molecule has 1 rings (SSSR count). The molecule has 0 aromatic heterocycles. The van der Waals surface area contributed by atoms with Gasteiger partial charge < -0.3 is 4.74 Å². The highest BCUT2D eigenvalue weighted by Gasteiger charge is 2.11. The average molecular weight is 274 g/mol. The minimum Gasteiger partial charge on any atom is -0.490 e. The molecular weight excluding hydrogens is 248 g/mol. The number of hydrogen-bond acceptors (Lipinski definition) is 2. The van der Waals surface area contributed by atoms with Crippen LogP contribution in [-0.2, 0) is 0 Å². The molecule has 0 fully saturated rings. The molecule has 0 amide bonds. The first-order valence-corrected chi connectivity index (χ1v) is 7.46. The van der Waals surface area contributed by atoms with Crippen LogP contribution in [0.1, 0.15) is 69.3 Å². The molecule has 20 heavy (non-hydrogen) atoms. The highest BCUT2D eigenvalue weighted by atomic mass is 16.5. The molecule has 1 unspecified atom stereocenters. The predicted molar refractivity (Wildman–Crippen MR) is 85.4 cm³/mol. The summed E-state index contributed by atoms with van der Waals surface area (Å²) >= 11 is 0. The van der Waals surface area contributed by atoms with Crippen molar-refractivity contribution in [1.29, 1.82) is 0 Å². The molecule has 0 aliphatic rings. The fourth-order valence-corrected chi connectivity index (χ4v) is 2.09. The predicted octanol–water partition coefficient (Wildman–Crippen LogP) is 5.27. The summed E-state index contributed by atoms with van der Waals surface area (Å²) in [5, 5.41) is 0. The van der Waals surface area contributed by atoms with Crippen LogP contribution in [0.15, 0.2) is 24.8 Å². The van der Waals surface area contributed by atoms with Gasteiger partial charge in [0.05, 0.1) is 6.10 Å².